The summed E-state index contributed by atoms with van der Waals surface area (Å²) >= 11 is 0. The van der Waals surface area contributed by atoms with Gasteiger partial charge in [0.05, 0.1) is 0 Å². The Kier molecular flexibility index (Phi) is 9.35. The fourth-order valence-corrected chi connectivity index (χ4v) is 2.69. The van der Waals surface area contributed by atoms with E-state index in [1.165, 1.54) is 0 Å². The summed E-state index contributed by atoms with van der Waals surface area (Å²) in [4.78, 5) is 1.76. The lowest BCUT2D eigenvalue weighted by Crippen LogP contribution is -2.45. The summed E-state index contributed by atoms with van der Waals surface area (Å²) in [5.74, 6) is -9.30. The molecule has 0 saturated carbocycles. The molecule has 0 aliphatic carbocycles. The van der Waals surface area contributed by atoms with Crippen LogP contribution in [0.25, 0.3) is 0 Å². The van der Waals surface area contributed by atoms with Gasteiger partial charge in [-0.3, -0.25) is 4.90 Å². The molecule has 1 heterocycles. The van der Waals surface area contributed by atoms with Gasteiger partial charge in [0.15, 0.2) is 23.3 Å². The van der Waals surface area contributed by atoms with Crippen LogP contribution in [0.2, 0.25) is 0 Å². The molecule has 1 saturated heterocycles. The number of nitrogens with zero attached hydrogens (tertiary/aromatic N) is 1. The Labute approximate surface area is 144 Å². The second-order valence-electron chi connectivity index (χ2n) is 5.07. The summed E-state index contributed by atoms with van der Waals surface area (Å²) in [6.45, 7) is 4.06. The SMILES string of the molecule is CCC[C@@H](c1c(F)c(F)c(F)c(F)c1F)N1CCNCC1.Cl.Cl. The zero-order valence-corrected chi connectivity index (χ0v) is 14.1. The number of piperazine rings is 1. The molecule has 0 radical (unpaired) electrons. The van der Waals surface area contributed by atoms with E-state index >= 15 is 0 Å². The van der Waals surface area contributed by atoms with Crippen molar-refractivity contribution in [3.63, 3.8) is 0 Å². The first kappa shape index (κ1) is 22.4. The monoisotopic (exact) mass is 380 g/mol. The lowest BCUT2D eigenvalue weighted by atomic mass is 9.98. The number of benzene rings is 1. The summed E-state index contributed by atoms with van der Waals surface area (Å²) in [7, 11) is 0. The van der Waals surface area contributed by atoms with E-state index < -0.39 is 40.7 Å². The summed E-state index contributed by atoms with van der Waals surface area (Å²) in [6, 6.07) is -0.804. The van der Waals surface area contributed by atoms with Gasteiger partial charge in [-0.15, -0.1) is 24.8 Å². The van der Waals surface area contributed by atoms with Crippen molar-refractivity contribution in [2.75, 3.05) is 26.2 Å². The molecule has 0 amide bonds. The highest BCUT2D eigenvalue weighted by Crippen LogP contribution is 2.33. The molecule has 1 fully saturated rings. The highest BCUT2D eigenvalue weighted by molar-refractivity contribution is 5.85. The third kappa shape index (κ3) is 4.47. The number of rotatable bonds is 4. The molecule has 1 aliphatic rings. The van der Waals surface area contributed by atoms with E-state index in [2.05, 4.69) is 5.32 Å². The van der Waals surface area contributed by atoms with E-state index in [1.807, 2.05) is 0 Å². The third-order valence-electron chi connectivity index (χ3n) is 3.73. The van der Waals surface area contributed by atoms with Crippen molar-refractivity contribution in [3.8, 4) is 0 Å². The predicted molar refractivity (Wildman–Crippen MR) is 82.8 cm³/mol. The van der Waals surface area contributed by atoms with Crippen LogP contribution in [0.15, 0.2) is 0 Å². The number of hydrogen-bond acceptors (Lipinski definition) is 2. The second kappa shape index (κ2) is 9.61. The van der Waals surface area contributed by atoms with Crippen molar-refractivity contribution in [3.05, 3.63) is 34.6 Å². The molecular weight excluding hydrogens is 362 g/mol. The van der Waals surface area contributed by atoms with E-state index in [1.54, 1.807) is 11.8 Å². The van der Waals surface area contributed by atoms with Crippen molar-refractivity contribution < 1.29 is 22.0 Å². The molecule has 23 heavy (non-hydrogen) atoms. The lowest BCUT2D eigenvalue weighted by Gasteiger charge is -2.35. The number of halogens is 7. The fraction of sp³-hybridized carbons (Fsp3) is 0.571. The molecule has 134 valence electrons. The van der Waals surface area contributed by atoms with Crippen LogP contribution < -0.4 is 5.32 Å². The van der Waals surface area contributed by atoms with Crippen LogP contribution in [0.1, 0.15) is 31.4 Å². The molecule has 0 unspecified atom stereocenters. The minimum atomic E-state index is -2.11. The van der Waals surface area contributed by atoms with Crippen LogP contribution in [-0.2, 0) is 0 Å². The summed E-state index contributed by atoms with van der Waals surface area (Å²) < 4.78 is 67.8. The van der Waals surface area contributed by atoms with Crippen molar-refractivity contribution >= 4 is 24.8 Å². The average Bonchev–Trinajstić information content (AvgIpc) is 2.51. The predicted octanol–water partition coefficient (Wildman–Crippen LogP) is 3.97. The standard InChI is InChI=1S/C14H17F5N2.2ClH/c1-2-3-8(21-6-4-20-5-7-21)9-10(15)12(17)14(19)13(18)11(9)16;;/h8,20H,2-7H2,1H3;2*1H/t8-;;/m0../s1. The molecule has 0 spiro atoms. The van der Waals surface area contributed by atoms with Gasteiger partial charge in [0, 0.05) is 37.8 Å². The Morgan fingerprint density at radius 2 is 1.30 bits per heavy atom. The highest BCUT2D eigenvalue weighted by atomic mass is 35.5. The van der Waals surface area contributed by atoms with Crippen molar-refractivity contribution in [1.82, 2.24) is 10.2 Å². The van der Waals surface area contributed by atoms with Crippen LogP contribution in [0.3, 0.4) is 0 Å². The van der Waals surface area contributed by atoms with Crippen molar-refractivity contribution in [2.45, 2.75) is 25.8 Å². The smallest absolute Gasteiger partial charge is 0.200 e. The maximum atomic E-state index is 14.0. The molecule has 0 bridgehead atoms. The van der Waals surface area contributed by atoms with E-state index in [-0.39, 0.29) is 24.8 Å². The lowest BCUT2D eigenvalue weighted by molar-refractivity contribution is 0.155. The second-order valence-corrected chi connectivity index (χ2v) is 5.07. The fourth-order valence-electron chi connectivity index (χ4n) is 2.69. The molecule has 1 N–H and O–H groups in total. The van der Waals surface area contributed by atoms with Crippen LogP contribution in [0, 0.1) is 29.1 Å². The van der Waals surface area contributed by atoms with Gasteiger partial charge in [0.25, 0.3) is 0 Å². The van der Waals surface area contributed by atoms with Crippen LogP contribution in [0.4, 0.5) is 22.0 Å². The Bertz CT molecular complexity index is 495. The molecular formula is C14H19Cl2F5N2. The maximum absolute atomic E-state index is 14.0. The van der Waals surface area contributed by atoms with E-state index in [4.69, 9.17) is 0 Å². The molecule has 1 aliphatic heterocycles. The van der Waals surface area contributed by atoms with Gasteiger partial charge in [-0.1, -0.05) is 13.3 Å². The highest BCUT2D eigenvalue weighted by Gasteiger charge is 2.33. The minimum absolute atomic E-state index is 0. The van der Waals surface area contributed by atoms with E-state index in [0.717, 1.165) is 0 Å². The molecule has 1 aromatic rings. The number of hydrogen-bond donors (Lipinski definition) is 1. The Balaban J connectivity index is 0.00000242. The normalized spacial score (nSPS) is 16.4. The van der Waals surface area contributed by atoms with Gasteiger partial charge in [-0.2, -0.15) is 0 Å². The zero-order chi connectivity index (χ0) is 15.6. The van der Waals surface area contributed by atoms with Gasteiger partial charge < -0.3 is 5.32 Å². The summed E-state index contributed by atoms with van der Waals surface area (Å²) in [5, 5.41) is 3.09. The minimum Gasteiger partial charge on any atom is -0.314 e. The van der Waals surface area contributed by atoms with Gasteiger partial charge in [0.1, 0.15) is 0 Å². The van der Waals surface area contributed by atoms with Gasteiger partial charge in [-0.05, 0) is 6.42 Å². The molecule has 1 aromatic carbocycles. The first-order chi connectivity index (χ1) is 9.99. The van der Waals surface area contributed by atoms with Gasteiger partial charge in [-0.25, -0.2) is 22.0 Å². The quantitative estimate of drug-likeness (QED) is 0.483. The molecule has 9 heteroatoms. The Hall–Kier alpha value is -0.630. The van der Waals surface area contributed by atoms with Crippen molar-refractivity contribution in [1.29, 1.82) is 0 Å². The first-order valence-corrected chi connectivity index (χ1v) is 6.95. The third-order valence-corrected chi connectivity index (χ3v) is 3.73. The van der Waals surface area contributed by atoms with Crippen molar-refractivity contribution in [2.24, 2.45) is 0 Å². The largest absolute Gasteiger partial charge is 0.314 e. The van der Waals surface area contributed by atoms with Gasteiger partial charge in [0.2, 0.25) is 5.82 Å². The van der Waals surface area contributed by atoms with Gasteiger partial charge >= 0.3 is 0 Å². The molecule has 2 rings (SSSR count). The van der Waals surface area contributed by atoms with Crippen LogP contribution in [0.5, 0.6) is 0 Å². The van der Waals surface area contributed by atoms with Crippen LogP contribution >= 0.6 is 24.8 Å². The van der Waals surface area contributed by atoms with E-state index in [0.29, 0.717) is 39.0 Å². The number of nitrogens with one attached hydrogen (secondary N) is 1. The zero-order valence-electron chi connectivity index (χ0n) is 12.5. The Morgan fingerprint density at radius 1 is 0.870 bits per heavy atom. The topological polar surface area (TPSA) is 15.3 Å². The Morgan fingerprint density at radius 3 is 1.74 bits per heavy atom. The molecule has 0 aromatic heterocycles. The molecule has 1 atom stereocenters. The van der Waals surface area contributed by atoms with E-state index in [9.17, 15) is 22.0 Å². The maximum Gasteiger partial charge on any atom is 0.200 e. The first-order valence-electron chi connectivity index (χ1n) is 6.95. The average molecular weight is 381 g/mol. The van der Waals surface area contributed by atoms with Crippen LogP contribution in [-0.4, -0.2) is 31.1 Å². The summed E-state index contributed by atoms with van der Waals surface area (Å²) in [5.41, 5.74) is -0.713. The molecule has 2 nitrogen and oxygen atoms in total. The summed E-state index contributed by atoms with van der Waals surface area (Å²) in [6.07, 6.45) is 0.909.